The van der Waals surface area contributed by atoms with Crippen molar-refractivity contribution in [2.45, 2.75) is 31.8 Å². The summed E-state index contributed by atoms with van der Waals surface area (Å²) < 4.78 is 16.8. The number of furan rings is 1. The van der Waals surface area contributed by atoms with E-state index in [0.29, 0.717) is 13.0 Å². The van der Waals surface area contributed by atoms with E-state index in [-0.39, 0.29) is 12.0 Å². The SMILES string of the molecule is COc1ccc2c(CC(=O)N3CC[C@@H](OCCCc4ccccc4)C3)coc2c1. The first kappa shape index (κ1) is 19.5. The highest BCUT2D eigenvalue weighted by Crippen LogP contribution is 2.26. The molecule has 0 radical (unpaired) electrons. The predicted molar refractivity (Wildman–Crippen MR) is 112 cm³/mol. The molecule has 0 unspecified atom stereocenters. The molecule has 1 fully saturated rings. The zero-order chi connectivity index (χ0) is 20.1. The van der Waals surface area contributed by atoms with Gasteiger partial charge in [0.15, 0.2) is 0 Å². The molecule has 1 amide bonds. The van der Waals surface area contributed by atoms with Crippen LogP contribution in [-0.4, -0.2) is 43.7 Å². The molecule has 29 heavy (non-hydrogen) atoms. The van der Waals surface area contributed by atoms with Crippen LogP contribution in [0.3, 0.4) is 0 Å². The Hall–Kier alpha value is -2.79. The normalized spacial score (nSPS) is 16.4. The molecule has 0 aliphatic carbocycles. The largest absolute Gasteiger partial charge is 0.497 e. The highest BCUT2D eigenvalue weighted by molar-refractivity contribution is 5.88. The molecule has 1 aliphatic heterocycles. The number of amides is 1. The summed E-state index contributed by atoms with van der Waals surface area (Å²) in [4.78, 5) is 14.7. The maximum Gasteiger partial charge on any atom is 0.227 e. The summed E-state index contributed by atoms with van der Waals surface area (Å²) in [5.41, 5.74) is 3.00. The average Bonchev–Trinajstić information content (AvgIpc) is 3.39. The van der Waals surface area contributed by atoms with Gasteiger partial charge in [-0.3, -0.25) is 4.79 Å². The second kappa shape index (κ2) is 9.14. The van der Waals surface area contributed by atoms with Crippen LogP contribution in [0.25, 0.3) is 11.0 Å². The molecular formula is C24H27NO4. The van der Waals surface area contributed by atoms with Gasteiger partial charge in [-0.05, 0) is 37.0 Å². The minimum absolute atomic E-state index is 0.124. The van der Waals surface area contributed by atoms with Crippen molar-refractivity contribution in [1.29, 1.82) is 0 Å². The number of benzene rings is 2. The van der Waals surface area contributed by atoms with Crippen LogP contribution in [-0.2, 0) is 22.4 Å². The predicted octanol–water partition coefficient (Wildman–Crippen LogP) is 4.23. The zero-order valence-electron chi connectivity index (χ0n) is 16.8. The fourth-order valence-electron chi connectivity index (χ4n) is 3.86. The van der Waals surface area contributed by atoms with E-state index in [9.17, 15) is 4.79 Å². The molecule has 1 saturated heterocycles. The molecule has 0 spiro atoms. The Balaban J connectivity index is 1.24. The van der Waals surface area contributed by atoms with Crippen LogP contribution < -0.4 is 4.74 Å². The Morgan fingerprint density at radius 2 is 2.07 bits per heavy atom. The van der Waals surface area contributed by atoms with Crippen molar-refractivity contribution < 1.29 is 18.7 Å². The number of ether oxygens (including phenoxy) is 2. The standard InChI is InChI=1S/C24H27NO4/c1-27-20-9-10-22-19(17-29-23(22)15-20)14-24(26)25-12-11-21(16-25)28-13-5-8-18-6-3-2-4-7-18/h2-4,6-7,9-10,15,17,21H,5,8,11-14,16H2,1H3/t21-/m1/s1. The molecule has 3 aromatic rings. The summed E-state index contributed by atoms with van der Waals surface area (Å²) in [7, 11) is 1.63. The molecule has 5 nitrogen and oxygen atoms in total. The molecule has 2 heterocycles. The van der Waals surface area contributed by atoms with Crippen LogP contribution in [0.5, 0.6) is 5.75 Å². The number of aryl methyl sites for hydroxylation is 1. The van der Waals surface area contributed by atoms with Gasteiger partial charge in [0.05, 0.1) is 25.9 Å². The summed E-state index contributed by atoms with van der Waals surface area (Å²) in [6.45, 7) is 2.16. The van der Waals surface area contributed by atoms with E-state index in [2.05, 4.69) is 24.3 Å². The molecule has 4 rings (SSSR count). The number of carbonyl (C=O) groups is 1. The van der Waals surface area contributed by atoms with E-state index < -0.39 is 0 Å². The fraction of sp³-hybridized carbons (Fsp3) is 0.375. The number of carbonyl (C=O) groups excluding carboxylic acids is 1. The third kappa shape index (κ3) is 4.80. The number of methoxy groups -OCH3 is 1. The van der Waals surface area contributed by atoms with Gasteiger partial charge in [-0.25, -0.2) is 0 Å². The van der Waals surface area contributed by atoms with Crippen LogP contribution in [0.4, 0.5) is 0 Å². The Bertz CT molecular complexity index is 950. The van der Waals surface area contributed by atoms with Gasteiger partial charge in [-0.15, -0.1) is 0 Å². The lowest BCUT2D eigenvalue weighted by atomic mass is 10.1. The van der Waals surface area contributed by atoms with Crippen molar-refractivity contribution in [3.63, 3.8) is 0 Å². The van der Waals surface area contributed by atoms with Gasteiger partial charge in [0.2, 0.25) is 5.91 Å². The lowest BCUT2D eigenvalue weighted by molar-refractivity contribution is -0.129. The number of rotatable bonds is 8. The van der Waals surface area contributed by atoms with Crippen LogP contribution in [0.15, 0.2) is 59.2 Å². The number of hydrogen-bond donors (Lipinski definition) is 0. The summed E-state index contributed by atoms with van der Waals surface area (Å²) in [6.07, 6.45) is 5.09. The Morgan fingerprint density at radius 3 is 2.90 bits per heavy atom. The maximum absolute atomic E-state index is 12.7. The first-order valence-electron chi connectivity index (χ1n) is 10.2. The van der Waals surface area contributed by atoms with E-state index in [1.54, 1.807) is 13.4 Å². The molecular weight excluding hydrogens is 366 g/mol. The molecule has 0 saturated carbocycles. The van der Waals surface area contributed by atoms with Gasteiger partial charge in [-0.1, -0.05) is 30.3 Å². The zero-order valence-corrected chi connectivity index (χ0v) is 16.8. The van der Waals surface area contributed by atoms with Crippen LogP contribution >= 0.6 is 0 Å². The molecule has 2 aromatic carbocycles. The smallest absolute Gasteiger partial charge is 0.227 e. The molecule has 0 bridgehead atoms. The second-order valence-electron chi connectivity index (χ2n) is 7.51. The van der Waals surface area contributed by atoms with Crippen molar-refractivity contribution in [3.8, 4) is 5.75 Å². The molecule has 152 valence electrons. The van der Waals surface area contributed by atoms with E-state index in [1.165, 1.54) is 5.56 Å². The minimum atomic E-state index is 0.124. The molecule has 1 atom stereocenters. The van der Waals surface area contributed by atoms with E-state index in [4.69, 9.17) is 13.9 Å². The number of nitrogens with zero attached hydrogens (tertiary/aromatic N) is 1. The fourth-order valence-corrected chi connectivity index (χ4v) is 3.86. The van der Waals surface area contributed by atoms with Crippen molar-refractivity contribution >= 4 is 16.9 Å². The van der Waals surface area contributed by atoms with Crippen LogP contribution in [0, 0.1) is 0 Å². The van der Waals surface area contributed by atoms with Gasteiger partial charge in [-0.2, -0.15) is 0 Å². The third-order valence-corrected chi connectivity index (χ3v) is 5.51. The summed E-state index contributed by atoms with van der Waals surface area (Å²) in [6, 6.07) is 16.1. The Kier molecular flexibility index (Phi) is 6.15. The molecule has 1 aliphatic rings. The van der Waals surface area contributed by atoms with Crippen LogP contribution in [0.2, 0.25) is 0 Å². The summed E-state index contributed by atoms with van der Waals surface area (Å²) >= 11 is 0. The monoisotopic (exact) mass is 393 g/mol. The first-order valence-corrected chi connectivity index (χ1v) is 10.2. The average molecular weight is 393 g/mol. The Labute approximate surface area is 171 Å². The van der Waals surface area contributed by atoms with E-state index >= 15 is 0 Å². The quantitative estimate of drug-likeness (QED) is 0.537. The van der Waals surface area contributed by atoms with Crippen molar-refractivity contribution in [2.24, 2.45) is 0 Å². The summed E-state index contributed by atoms with van der Waals surface area (Å²) in [5, 5.41) is 0.965. The van der Waals surface area contributed by atoms with Gasteiger partial charge < -0.3 is 18.8 Å². The van der Waals surface area contributed by atoms with Crippen molar-refractivity contribution in [2.75, 3.05) is 26.8 Å². The minimum Gasteiger partial charge on any atom is -0.497 e. The lowest BCUT2D eigenvalue weighted by Gasteiger charge is -2.16. The van der Waals surface area contributed by atoms with Gasteiger partial charge in [0.25, 0.3) is 0 Å². The van der Waals surface area contributed by atoms with Crippen LogP contribution in [0.1, 0.15) is 24.0 Å². The van der Waals surface area contributed by atoms with Gasteiger partial charge >= 0.3 is 0 Å². The second-order valence-corrected chi connectivity index (χ2v) is 7.51. The first-order chi connectivity index (χ1) is 14.2. The van der Waals surface area contributed by atoms with E-state index in [1.807, 2.05) is 29.2 Å². The third-order valence-electron chi connectivity index (χ3n) is 5.51. The van der Waals surface area contributed by atoms with E-state index in [0.717, 1.165) is 54.7 Å². The molecule has 1 aromatic heterocycles. The molecule has 5 heteroatoms. The van der Waals surface area contributed by atoms with Crippen molar-refractivity contribution in [1.82, 2.24) is 4.90 Å². The number of likely N-dealkylation sites (tertiary alicyclic amines) is 1. The molecule has 0 N–H and O–H groups in total. The Morgan fingerprint density at radius 1 is 1.21 bits per heavy atom. The highest BCUT2D eigenvalue weighted by atomic mass is 16.5. The van der Waals surface area contributed by atoms with Gasteiger partial charge in [0, 0.05) is 36.7 Å². The number of hydrogen-bond acceptors (Lipinski definition) is 4. The van der Waals surface area contributed by atoms with Gasteiger partial charge in [0.1, 0.15) is 11.3 Å². The number of fused-ring (bicyclic) bond motifs is 1. The maximum atomic E-state index is 12.7. The highest BCUT2D eigenvalue weighted by Gasteiger charge is 2.27. The summed E-state index contributed by atoms with van der Waals surface area (Å²) in [5.74, 6) is 0.871. The topological polar surface area (TPSA) is 51.9 Å². The van der Waals surface area contributed by atoms with Crippen molar-refractivity contribution in [3.05, 3.63) is 65.9 Å². The lowest BCUT2D eigenvalue weighted by Crippen LogP contribution is -2.31.